The van der Waals surface area contributed by atoms with Gasteiger partial charge in [0.15, 0.2) is 16.5 Å². The lowest BCUT2D eigenvalue weighted by molar-refractivity contribution is 0.265. The summed E-state index contributed by atoms with van der Waals surface area (Å²) in [6.45, 7) is 2.38. The summed E-state index contributed by atoms with van der Waals surface area (Å²) < 4.78 is 28.5. The Labute approximate surface area is 200 Å². The number of hydrogen-bond donors (Lipinski definition) is 0. The van der Waals surface area contributed by atoms with E-state index in [-0.39, 0.29) is 18.0 Å². The number of benzene rings is 3. The van der Waals surface area contributed by atoms with E-state index in [1.165, 1.54) is 17.4 Å². The van der Waals surface area contributed by atoms with Gasteiger partial charge in [-0.15, -0.1) is 0 Å². The zero-order valence-electron chi connectivity index (χ0n) is 17.5. The van der Waals surface area contributed by atoms with E-state index < -0.39 is 0 Å². The van der Waals surface area contributed by atoms with Crippen molar-refractivity contribution >= 4 is 49.3 Å². The Bertz CT molecular complexity index is 1600. The molecule has 0 aliphatic rings. The number of para-hydroxylation sites is 2. The Morgan fingerprint density at radius 1 is 1.09 bits per heavy atom. The molecule has 0 saturated carbocycles. The van der Waals surface area contributed by atoms with Crippen molar-refractivity contribution in [2.75, 3.05) is 6.61 Å². The van der Waals surface area contributed by atoms with Crippen LogP contribution in [0, 0.1) is 5.82 Å². The summed E-state index contributed by atoms with van der Waals surface area (Å²) in [5.41, 5.74) is 2.69. The number of hydrogen-bond acceptors (Lipinski definition) is 5. The molecule has 5 nitrogen and oxygen atoms in total. The van der Waals surface area contributed by atoms with Crippen molar-refractivity contribution in [3.63, 3.8) is 0 Å². The fraction of sp³-hybridized carbons (Fsp3) is 0.120. The van der Waals surface area contributed by atoms with Crippen molar-refractivity contribution in [2.24, 2.45) is 0 Å². The van der Waals surface area contributed by atoms with Gasteiger partial charge < -0.3 is 9.47 Å². The van der Waals surface area contributed by atoms with Crippen molar-refractivity contribution in [1.29, 1.82) is 0 Å². The standard InChI is InChI=1S/C25H18BrFN2O3S/c1-2-31-21-11-16(17(26)13-22(21)32-14-15-7-3-4-8-18(15)27)12-23-24(30)29-20-10-6-5-9-19(20)28-25(29)33-23/h3-13H,2,14H2,1H3/b23-12-. The molecule has 0 aliphatic carbocycles. The highest BCUT2D eigenvalue weighted by Crippen LogP contribution is 2.35. The highest BCUT2D eigenvalue weighted by Gasteiger charge is 2.14. The topological polar surface area (TPSA) is 52.8 Å². The summed E-state index contributed by atoms with van der Waals surface area (Å²) in [7, 11) is 0. The van der Waals surface area contributed by atoms with Crippen LogP contribution in [0.25, 0.3) is 22.1 Å². The van der Waals surface area contributed by atoms with Crippen LogP contribution >= 0.6 is 27.3 Å². The molecule has 0 N–H and O–H groups in total. The maximum absolute atomic E-state index is 14.0. The minimum atomic E-state index is -0.322. The van der Waals surface area contributed by atoms with Crippen molar-refractivity contribution in [2.45, 2.75) is 13.5 Å². The molecule has 0 unspecified atom stereocenters. The first kappa shape index (κ1) is 21.6. The third-order valence-corrected chi connectivity index (χ3v) is 6.79. The Balaban J connectivity index is 1.54. The van der Waals surface area contributed by atoms with E-state index in [0.29, 0.717) is 33.2 Å². The van der Waals surface area contributed by atoms with Gasteiger partial charge in [0.25, 0.3) is 5.56 Å². The number of thiazole rings is 1. The third kappa shape index (κ3) is 4.12. The summed E-state index contributed by atoms with van der Waals surface area (Å²) in [6.07, 6.45) is 1.81. The lowest BCUT2D eigenvalue weighted by atomic mass is 10.2. The summed E-state index contributed by atoms with van der Waals surface area (Å²) in [5.74, 6) is 0.679. The zero-order valence-corrected chi connectivity index (χ0v) is 20.0. The number of ether oxygens (including phenoxy) is 2. The predicted octanol–water partition coefficient (Wildman–Crippen LogP) is 5.34. The first-order valence-electron chi connectivity index (χ1n) is 10.3. The van der Waals surface area contributed by atoms with Gasteiger partial charge in [0, 0.05) is 10.0 Å². The van der Waals surface area contributed by atoms with Crippen molar-refractivity contribution < 1.29 is 13.9 Å². The number of nitrogens with zero attached hydrogens (tertiary/aromatic N) is 2. The van der Waals surface area contributed by atoms with Gasteiger partial charge in [-0.3, -0.25) is 4.79 Å². The molecule has 2 heterocycles. The normalized spacial score (nSPS) is 12.0. The highest BCUT2D eigenvalue weighted by molar-refractivity contribution is 9.10. The molecule has 0 radical (unpaired) electrons. The Kier molecular flexibility index (Phi) is 5.86. The van der Waals surface area contributed by atoms with E-state index in [0.717, 1.165) is 21.1 Å². The van der Waals surface area contributed by atoms with Crippen LogP contribution in [-0.2, 0) is 6.61 Å². The molecular formula is C25H18BrFN2O3S. The van der Waals surface area contributed by atoms with E-state index in [2.05, 4.69) is 20.9 Å². The fourth-order valence-electron chi connectivity index (χ4n) is 3.57. The van der Waals surface area contributed by atoms with Crippen LogP contribution in [0.5, 0.6) is 11.5 Å². The van der Waals surface area contributed by atoms with Crippen LogP contribution in [0.1, 0.15) is 18.1 Å². The molecule has 0 fully saturated rings. The number of aromatic nitrogens is 2. The van der Waals surface area contributed by atoms with Gasteiger partial charge in [0.05, 0.1) is 22.2 Å². The Morgan fingerprint density at radius 3 is 2.67 bits per heavy atom. The van der Waals surface area contributed by atoms with Crippen molar-refractivity contribution in [1.82, 2.24) is 9.38 Å². The molecule has 5 aromatic rings. The summed E-state index contributed by atoms with van der Waals surface area (Å²) >= 11 is 4.90. The largest absolute Gasteiger partial charge is 0.490 e. The highest BCUT2D eigenvalue weighted by atomic mass is 79.9. The molecule has 5 rings (SSSR count). The maximum Gasteiger partial charge on any atom is 0.274 e. The quantitative estimate of drug-likeness (QED) is 0.301. The van der Waals surface area contributed by atoms with Gasteiger partial charge in [-0.25, -0.2) is 13.8 Å². The number of imidazole rings is 1. The average Bonchev–Trinajstić information content (AvgIpc) is 3.32. The summed E-state index contributed by atoms with van der Waals surface area (Å²) in [6, 6.07) is 17.6. The summed E-state index contributed by atoms with van der Waals surface area (Å²) in [5, 5.41) is 0. The molecule has 0 saturated heterocycles. The van der Waals surface area contributed by atoms with Crippen molar-refractivity contribution in [3.8, 4) is 11.5 Å². The molecule has 0 spiro atoms. The van der Waals surface area contributed by atoms with E-state index in [4.69, 9.17) is 9.47 Å². The van der Waals surface area contributed by atoms with Crippen LogP contribution in [-0.4, -0.2) is 16.0 Å². The minimum Gasteiger partial charge on any atom is -0.490 e. The van der Waals surface area contributed by atoms with Gasteiger partial charge in [0.2, 0.25) is 0 Å². The number of fused-ring (bicyclic) bond motifs is 3. The second-order valence-electron chi connectivity index (χ2n) is 7.27. The lowest BCUT2D eigenvalue weighted by Crippen LogP contribution is -2.22. The molecule has 0 atom stereocenters. The molecule has 8 heteroatoms. The van der Waals surface area contributed by atoms with Gasteiger partial charge >= 0.3 is 0 Å². The Morgan fingerprint density at radius 2 is 1.85 bits per heavy atom. The monoisotopic (exact) mass is 524 g/mol. The van der Waals surface area contributed by atoms with E-state index in [1.54, 1.807) is 28.7 Å². The van der Waals surface area contributed by atoms with E-state index in [1.807, 2.05) is 43.3 Å². The predicted molar refractivity (Wildman–Crippen MR) is 132 cm³/mol. The van der Waals surface area contributed by atoms with Crippen LogP contribution in [0.2, 0.25) is 0 Å². The van der Waals surface area contributed by atoms with E-state index >= 15 is 0 Å². The van der Waals surface area contributed by atoms with E-state index in [9.17, 15) is 9.18 Å². The average molecular weight is 525 g/mol. The SMILES string of the molecule is CCOc1cc(/C=c2\sc3nc4ccccc4n3c2=O)c(Br)cc1OCc1ccccc1F. The molecule has 0 bridgehead atoms. The number of rotatable bonds is 6. The lowest BCUT2D eigenvalue weighted by Gasteiger charge is -2.14. The Hall–Kier alpha value is -3.23. The zero-order chi connectivity index (χ0) is 22.9. The van der Waals surface area contributed by atoms with Gasteiger partial charge in [0.1, 0.15) is 12.4 Å². The first-order valence-corrected chi connectivity index (χ1v) is 11.9. The van der Waals surface area contributed by atoms with Crippen LogP contribution in [0.3, 0.4) is 0 Å². The number of halogens is 2. The van der Waals surface area contributed by atoms with Crippen LogP contribution in [0.15, 0.2) is 69.9 Å². The van der Waals surface area contributed by atoms with Crippen LogP contribution in [0.4, 0.5) is 4.39 Å². The molecular weight excluding hydrogens is 507 g/mol. The second kappa shape index (κ2) is 8.96. The second-order valence-corrected chi connectivity index (χ2v) is 9.13. The molecule has 33 heavy (non-hydrogen) atoms. The van der Waals surface area contributed by atoms with Crippen molar-refractivity contribution in [3.05, 3.63) is 97.0 Å². The molecule has 2 aromatic heterocycles. The minimum absolute atomic E-state index is 0.0716. The smallest absolute Gasteiger partial charge is 0.274 e. The van der Waals surface area contributed by atoms with Gasteiger partial charge in [-0.05, 0) is 48.9 Å². The molecule has 3 aromatic carbocycles. The summed E-state index contributed by atoms with van der Waals surface area (Å²) in [4.78, 5) is 18.3. The molecule has 0 aliphatic heterocycles. The molecule has 166 valence electrons. The third-order valence-electron chi connectivity index (χ3n) is 5.14. The van der Waals surface area contributed by atoms with Gasteiger partial charge in [-0.1, -0.05) is 57.6 Å². The van der Waals surface area contributed by atoms with Gasteiger partial charge in [-0.2, -0.15) is 0 Å². The maximum atomic E-state index is 14.0. The van der Waals surface area contributed by atoms with Crippen LogP contribution < -0.4 is 19.6 Å². The molecule has 0 amide bonds. The first-order chi connectivity index (χ1) is 16.0. The fourth-order valence-corrected chi connectivity index (χ4v) is 4.98.